The molecule has 0 atom stereocenters. The van der Waals surface area contributed by atoms with Crippen LogP contribution in [0.4, 0.5) is 0 Å². The van der Waals surface area contributed by atoms with E-state index in [9.17, 15) is 0 Å². The fourth-order valence-corrected chi connectivity index (χ4v) is 1.16. The Morgan fingerprint density at radius 1 is 1.27 bits per heavy atom. The Balaban J connectivity index is 2.36. The largest absolute Gasteiger partial charge is 0.494 e. The summed E-state index contributed by atoms with van der Waals surface area (Å²) in [6.45, 7) is 3.70. The summed E-state index contributed by atoms with van der Waals surface area (Å²) in [7, 11) is 0. The lowest BCUT2D eigenvalue weighted by molar-refractivity contribution is 0.157. The third kappa shape index (κ3) is 4.67. The van der Waals surface area contributed by atoms with E-state index in [1.54, 1.807) is 0 Å². The summed E-state index contributed by atoms with van der Waals surface area (Å²) in [6.07, 6.45) is 0.759. The van der Waals surface area contributed by atoms with Gasteiger partial charge in [-0.25, -0.2) is 5.48 Å². The average molecular weight is 211 g/mol. The zero-order chi connectivity index (χ0) is 10.9. The molecule has 15 heavy (non-hydrogen) atoms. The van der Waals surface area contributed by atoms with E-state index >= 15 is 0 Å². The number of benzene rings is 1. The Morgan fingerprint density at radius 2 is 2.00 bits per heavy atom. The van der Waals surface area contributed by atoms with Crippen molar-refractivity contribution in [2.75, 3.05) is 19.8 Å². The average Bonchev–Trinajstić information content (AvgIpc) is 2.26. The molecule has 4 heteroatoms. The van der Waals surface area contributed by atoms with Crippen LogP contribution in [-0.2, 0) is 0 Å². The van der Waals surface area contributed by atoms with E-state index in [0.717, 1.165) is 17.9 Å². The highest BCUT2D eigenvalue weighted by Gasteiger charge is 1.96. The number of hydroxylamine groups is 1. The van der Waals surface area contributed by atoms with Crippen LogP contribution in [0.1, 0.15) is 13.3 Å². The highest BCUT2D eigenvalue weighted by atomic mass is 16.5. The third-order valence-corrected chi connectivity index (χ3v) is 1.82. The van der Waals surface area contributed by atoms with E-state index in [2.05, 4.69) is 5.48 Å². The predicted octanol–water partition coefficient (Wildman–Crippen LogP) is 1.83. The standard InChI is InChI=1S/C11H17NO3/c1-2-14-10-5-3-6-11(9-10)15-8-4-7-12-13/h3,5-6,9,12-13H,2,4,7-8H2,1H3. The van der Waals surface area contributed by atoms with Crippen molar-refractivity contribution in [2.24, 2.45) is 0 Å². The Morgan fingerprint density at radius 3 is 2.67 bits per heavy atom. The Hall–Kier alpha value is -1.26. The van der Waals surface area contributed by atoms with E-state index in [4.69, 9.17) is 14.7 Å². The summed E-state index contributed by atoms with van der Waals surface area (Å²) in [5.41, 5.74) is 2.08. The first-order valence-electron chi connectivity index (χ1n) is 5.09. The van der Waals surface area contributed by atoms with Crippen molar-refractivity contribution in [1.29, 1.82) is 0 Å². The summed E-state index contributed by atoms with van der Waals surface area (Å²) < 4.78 is 10.8. The van der Waals surface area contributed by atoms with Crippen LogP contribution in [-0.4, -0.2) is 25.0 Å². The van der Waals surface area contributed by atoms with E-state index in [0.29, 0.717) is 19.8 Å². The Labute approximate surface area is 89.8 Å². The molecule has 0 aromatic heterocycles. The molecule has 1 aromatic carbocycles. The molecule has 0 fully saturated rings. The Bertz CT molecular complexity index is 278. The monoisotopic (exact) mass is 211 g/mol. The van der Waals surface area contributed by atoms with Crippen molar-refractivity contribution < 1.29 is 14.7 Å². The number of nitrogens with one attached hydrogen (secondary N) is 1. The molecule has 0 heterocycles. The molecule has 0 aliphatic carbocycles. The molecule has 0 aliphatic heterocycles. The van der Waals surface area contributed by atoms with Gasteiger partial charge in [0.15, 0.2) is 0 Å². The molecule has 0 bridgehead atoms. The molecule has 2 N–H and O–H groups in total. The molecule has 0 saturated carbocycles. The summed E-state index contributed by atoms with van der Waals surface area (Å²) >= 11 is 0. The Kier molecular flexibility index (Phi) is 5.58. The summed E-state index contributed by atoms with van der Waals surface area (Å²) in [5, 5.41) is 8.35. The zero-order valence-electron chi connectivity index (χ0n) is 8.90. The van der Waals surface area contributed by atoms with Crippen molar-refractivity contribution in [3.63, 3.8) is 0 Å². The lowest BCUT2D eigenvalue weighted by atomic mass is 10.3. The highest BCUT2D eigenvalue weighted by Crippen LogP contribution is 2.19. The fourth-order valence-electron chi connectivity index (χ4n) is 1.16. The van der Waals surface area contributed by atoms with Crippen LogP contribution in [0.15, 0.2) is 24.3 Å². The fraction of sp³-hybridized carbons (Fsp3) is 0.455. The first kappa shape index (κ1) is 11.8. The van der Waals surface area contributed by atoms with Gasteiger partial charge in [0.05, 0.1) is 13.2 Å². The van der Waals surface area contributed by atoms with Crippen molar-refractivity contribution in [3.05, 3.63) is 24.3 Å². The van der Waals surface area contributed by atoms with Gasteiger partial charge in [-0.15, -0.1) is 0 Å². The highest BCUT2D eigenvalue weighted by molar-refractivity contribution is 5.32. The van der Waals surface area contributed by atoms with Crippen LogP contribution in [0.5, 0.6) is 11.5 Å². The maximum atomic E-state index is 8.35. The number of hydrogen-bond acceptors (Lipinski definition) is 4. The summed E-state index contributed by atoms with van der Waals surface area (Å²) in [6, 6.07) is 7.53. The molecule has 0 unspecified atom stereocenters. The third-order valence-electron chi connectivity index (χ3n) is 1.82. The second kappa shape index (κ2) is 7.09. The maximum absolute atomic E-state index is 8.35. The van der Waals surface area contributed by atoms with Gasteiger partial charge >= 0.3 is 0 Å². The van der Waals surface area contributed by atoms with Gasteiger partial charge in [0.1, 0.15) is 11.5 Å². The van der Waals surface area contributed by atoms with E-state index < -0.39 is 0 Å². The predicted molar refractivity (Wildman–Crippen MR) is 57.5 cm³/mol. The van der Waals surface area contributed by atoms with Crippen LogP contribution < -0.4 is 15.0 Å². The lowest BCUT2D eigenvalue weighted by Gasteiger charge is -2.07. The first-order chi connectivity index (χ1) is 7.36. The second-order valence-electron chi connectivity index (χ2n) is 3.02. The lowest BCUT2D eigenvalue weighted by Crippen LogP contribution is -2.12. The SMILES string of the molecule is CCOc1cccc(OCCCNO)c1. The molecule has 84 valence electrons. The normalized spacial score (nSPS) is 10.0. The molecule has 4 nitrogen and oxygen atoms in total. The molecule has 0 spiro atoms. The van der Waals surface area contributed by atoms with Crippen LogP contribution >= 0.6 is 0 Å². The summed E-state index contributed by atoms with van der Waals surface area (Å²) in [5.74, 6) is 1.61. The number of hydrogen-bond donors (Lipinski definition) is 2. The van der Waals surface area contributed by atoms with Gasteiger partial charge in [-0.1, -0.05) is 6.07 Å². The molecule has 0 saturated heterocycles. The van der Waals surface area contributed by atoms with Crippen molar-refractivity contribution >= 4 is 0 Å². The quantitative estimate of drug-likeness (QED) is 0.533. The molecule has 1 aromatic rings. The van der Waals surface area contributed by atoms with Crippen LogP contribution in [0.25, 0.3) is 0 Å². The smallest absolute Gasteiger partial charge is 0.122 e. The second-order valence-corrected chi connectivity index (χ2v) is 3.02. The minimum absolute atomic E-state index is 0.533. The summed E-state index contributed by atoms with van der Waals surface area (Å²) in [4.78, 5) is 0. The van der Waals surface area contributed by atoms with Crippen LogP contribution in [0, 0.1) is 0 Å². The first-order valence-corrected chi connectivity index (χ1v) is 5.09. The van der Waals surface area contributed by atoms with Gasteiger partial charge in [-0.3, -0.25) is 0 Å². The van der Waals surface area contributed by atoms with Gasteiger partial charge < -0.3 is 14.7 Å². The van der Waals surface area contributed by atoms with Crippen molar-refractivity contribution in [2.45, 2.75) is 13.3 Å². The van der Waals surface area contributed by atoms with Crippen molar-refractivity contribution in [1.82, 2.24) is 5.48 Å². The van der Waals surface area contributed by atoms with Gasteiger partial charge in [-0.2, -0.15) is 0 Å². The van der Waals surface area contributed by atoms with Crippen molar-refractivity contribution in [3.8, 4) is 11.5 Å². The van der Waals surface area contributed by atoms with E-state index in [1.807, 2.05) is 31.2 Å². The van der Waals surface area contributed by atoms with Crippen LogP contribution in [0.2, 0.25) is 0 Å². The van der Waals surface area contributed by atoms with E-state index in [1.165, 1.54) is 0 Å². The zero-order valence-corrected chi connectivity index (χ0v) is 8.90. The molecule has 0 aliphatic rings. The van der Waals surface area contributed by atoms with Gasteiger partial charge in [-0.05, 0) is 25.5 Å². The molecule has 0 radical (unpaired) electrons. The van der Waals surface area contributed by atoms with Gasteiger partial charge in [0.2, 0.25) is 0 Å². The van der Waals surface area contributed by atoms with Gasteiger partial charge in [0, 0.05) is 12.6 Å². The maximum Gasteiger partial charge on any atom is 0.122 e. The molecular formula is C11H17NO3. The minimum Gasteiger partial charge on any atom is -0.494 e. The topological polar surface area (TPSA) is 50.7 Å². The van der Waals surface area contributed by atoms with E-state index in [-0.39, 0.29) is 0 Å². The van der Waals surface area contributed by atoms with Gasteiger partial charge in [0.25, 0.3) is 0 Å². The number of ether oxygens (including phenoxy) is 2. The molecule has 1 rings (SSSR count). The molecular weight excluding hydrogens is 194 g/mol. The minimum atomic E-state index is 0.533. The molecule has 0 amide bonds. The van der Waals surface area contributed by atoms with Crippen LogP contribution in [0.3, 0.4) is 0 Å². The number of rotatable bonds is 7.